The van der Waals surface area contributed by atoms with Gasteiger partial charge in [-0.15, -0.1) is 0 Å². The number of anilines is 2. The number of benzene rings is 2. The Balaban J connectivity index is 1.46. The van der Waals surface area contributed by atoms with Crippen LogP contribution < -0.4 is 15.4 Å². The van der Waals surface area contributed by atoms with Crippen LogP contribution in [0, 0.1) is 0 Å². The first kappa shape index (κ1) is 22.0. The lowest BCUT2D eigenvalue weighted by Crippen LogP contribution is -2.62. The number of nitrogens with zero attached hydrogens (tertiary/aromatic N) is 2. The summed E-state index contributed by atoms with van der Waals surface area (Å²) in [4.78, 5) is 41.6. The predicted octanol–water partition coefficient (Wildman–Crippen LogP) is 1.80. The van der Waals surface area contributed by atoms with Crippen LogP contribution in [-0.2, 0) is 25.4 Å². The number of hydrogen-bond donors (Lipinski definition) is 2. The van der Waals surface area contributed by atoms with E-state index in [0.29, 0.717) is 35.3 Å². The summed E-state index contributed by atoms with van der Waals surface area (Å²) in [5.41, 5.74) is 1.28. The molecule has 2 aromatic rings. The first-order valence-electron chi connectivity index (χ1n) is 10.2. The van der Waals surface area contributed by atoms with Crippen LogP contribution in [0.2, 0.25) is 0 Å². The maximum atomic E-state index is 13.2. The first-order valence-corrected chi connectivity index (χ1v) is 11.9. The van der Waals surface area contributed by atoms with Crippen molar-refractivity contribution in [1.82, 2.24) is 4.90 Å². The van der Waals surface area contributed by atoms with Crippen LogP contribution in [0.3, 0.4) is 0 Å². The molecule has 0 aliphatic carbocycles. The van der Waals surface area contributed by atoms with Crippen LogP contribution in [0.15, 0.2) is 48.5 Å². The number of fused-ring (bicyclic) bond motifs is 3. The van der Waals surface area contributed by atoms with Crippen LogP contribution in [0.1, 0.15) is 42.1 Å². The van der Waals surface area contributed by atoms with Gasteiger partial charge in [0.25, 0.3) is 5.91 Å². The maximum Gasteiger partial charge on any atom is 0.257 e. The number of para-hydroxylation sites is 1. The Morgan fingerprint density at radius 3 is 2.50 bits per heavy atom. The Morgan fingerprint density at radius 1 is 1.12 bits per heavy atom. The highest BCUT2D eigenvalue weighted by atomic mass is 32.2. The van der Waals surface area contributed by atoms with E-state index in [-0.39, 0.29) is 36.4 Å². The van der Waals surface area contributed by atoms with E-state index in [1.54, 1.807) is 58.3 Å². The Kier molecular flexibility index (Phi) is 5.51. The van der Waals surface area contributed by atoms with Crippen molar-refractivity contribution >= 4 is 39.1 Å². The molecule has 1 atom stereocenters. The fourth-order valence-corrected chi connectivity index (χ4v) is 5.05. The van der Waals surface area contributed by atoms with Crippen molar-refractivity contribution in [3.05, 3.63) is 59.7 Å². The molecule has 0 bridgehead atoms. The van der Waals surface area contributed by atoms with Crippen molar-refractivity contribution in [2.24, 2.45) is 5.14 Å². The van der Waals surface area contributed by atoms with Crippen molar-refractivity contribution in [3.8, 4) is 0 Å². The summed E-state index contributed by atoms with van der Waals surface area (Å²) in [6, 6.07) is 13.4. The molecule has 0 radical (unpaired) electrons. The van der Waals surface area contributed by atoms with Gasteiger partial charge in [0.15, 0.2) is 0 Å². The minimum absolute atomic E-state index is 0.0403. The van der Waals surface area contributed by atoms with Gasteiger partial charge >= 0.3 is 0 Å². The molecule has 2 aliphatic heterocycles. The second-order valence-corrected chi connectivity index (χ2v) is 9.84. The Labute approximate surface area is 186 Å². The van der Waals surface area contributed by atoms with Crippen LogP contribution >= 0.6 is 0 Å². The van der Waals surface area contributed by atoms with Crippen LogP contribution in [0.25, 0.3) is 0 Å². The number of rotatable bonds is 6. The van der Waals surface area contributed by atoms with E-state index in [9.17, 15) is 22.8 Å². The van der Waals surface area contributed by atoms with Crippen molar-refractivity contribution in [1.29, 1.82) is 0 Å². The lowest BCUT2D eigenvalue weighted by atomic mass is 9.98. The van der Waals surface area contributed by atoms with Gasteiger partial charge in [0, 0.05) is 25.1 Å². The highest BCUT2D eigenvalue weighted by Gasteiger charge is 2.52. The molecule has 1 fully saturated rings. The SMILES string of the molecule is CC12CCC(=O)N1c1ccccc1C(=O)N2CCC(=O)Nc1ccc(CS(N)(=O)=O)cc1. The van der Waals surface area contributed by atoms with E-state index >= 15 is 0 Å². The van der Waals surface area contributed by atoms with E-state index in [1.807, 2.05) is 6.92 Å². The molecule has 2 aromatic carbocycles. The van der Waals surface area contributed by atoms with Crippen LogP contribution in [0.4, 0.5) is 11.4 Å². The molecule has 9 nitrogen and oxygen atoms in total. The average Bonchev–Trinajstić information content (AvgIpc) is 3.03. The molecule has 1 saturated heterocycles. The minimum Gasteiger partial charge on any atom is -0.326 e. The summed E-state index contributed by atoms with van der Waals surface area (Å²) >= 11 is 0. The van der Waals surface area contributed by atoms with Gasteiger partial charge in [-0.3, -0.25) is 19.3 Å². The van der Waals surface area contributed by atoms with E-state index < -0.39 is 15.7 Å². The Morgan fingerprint density at radius 2 is 1.81 bits per heavy atom. The molecule has 2 heterocycles. The summed E-state index contributed by atoms with van der Waals surface area (Å²) in [5.74, 6) is -0.820. The molecule has 10 heteroatoms. The number of nitrogens with two attached hydrogens (primary N) is 1. The zero-order valence-electron chi connectivity index (χ0n) is 17.6. The van der Waals surface area contributed by atoms with Crippen molar-refractivity contribution in [3.63, 3.8) is 0 Å². The maximum absolute atomic E-state index is 13.2. The topological polar surface area (TPSA) is 130 Å². The fraction of sp³-hybridized carbons (Fsp3) is 0.318. The van der Waals surface area contributed by atoms with Gasteiger partial charge in [0.05, 0.1) is 17.0 Å². The standard InChI is InChI=1S/C22H24N4O5S/c1-22-12-10-20(28)26(22)18-5-3-2-4-17(18)21(29)25(22)13-11-19(27)24-16-8-6-15(7-9-16)14-32(23,30)31/h2-9H,10-14H2,1H3,(H,24,27)(H2,23,30,31). The smallest absolute Gasteiger partial charge is 0.257 e. The summed E-state index contributed by atoms with van der Waals surface area (Å²) in [7, 11) is -3.63. The molecule has 1 unspecified atom stereocenters. The predicted molar refractivity (Wildman–Crippen MR) is 119 cm³/mol. The zero-order chi connectivity index (χ0) is 23.1. The molecule has 3 amide bonds. The molecular weight excluding hydrogens is 432 g/mol. The highest BCUT2D eigenvalue weighted by molar-refractivity contribution is 7.88. The molecule has 2 aliphatic rings. The second-order valence-electron chi connectivity index (χ2n) is 8.22. The third-order valence-electron chi connectivity index (χ3n) is 5.91. The number of amides is 3. The highest BCUT2D eigenvalue weighted by Crippen LogP contribution is 2.43. The number of hydrogen-bond acceptors (Lipinski definition) is 5. The van der Waals surface area contributed by atoms with Gasteiger partial charge in [-0.25, -0.2) is 13.6 Å². The fourth-order valence-electron chi connectivity index (χ4n) is 4.39. The lowest BCUT2D eigenvalue weighted by molar-refractivity contribution is -0.117. The number of sulfonamides is 1. The van der Waals surface area contributed by atoms with Gasteiger partial charge in [-0.05, 0) is 43.2 Å². The largest absolute Gasteiger partial charge is 0.326 e. The minimum atomic E-state index is -3.63. The summed E-state index contributed by atoms with van der Waals surface area (Å²) in [6.07, 6.45) is 0.884. The third-order valence-corrected chi connectivity index (χ3v) is 6.65. The number of nitrogens with one attached hydrogen (secondary N) is 1. The second kappa shape index (κ2) is 8.03. The Hall–Kier alpha value is -3.24. The molecule has 0 spiro atoms. The molecule has 3 N–H and O–H groups in total. The molecule has 32 heavy (non-hydrogen) atoms. The van der Waals surface area contributed by atoms with Crippen molar-refractivity contribution in [2.75, 3.05) is 16.8 Å². The first-order chi connectivity index (χ1) is 15.1. The van der Waals surface area contributed by atoms with E-state index in [4.69, 9.17) is 5.14 Å². The van der Waals surface area contributed by atoms with Crippen LogP contribution in [0.5, 0.6) is 0 Å². The van der Waals surface area contributed by atoms with Crippen LogP contribution in [-0.4, -0.2) is 43.2 Å². The van der Waals surface area contributed by atoms with Gasteiger partial charge in [0.1, 0.15) is 5.66 Å². The molecular formula is C22H24N4O5S. The monoisotopic (exact) mass is 456 g/mol. The summed E-state index contributed by atoms with van der Waals surface area (Å²) in [5, 5.41) is 7.79. The number of carbonyl (C=O) groups excluding carboxylic acids is 3. The lowest BCUT2D eigenvalue weighted by Gasteiger charge is -2.48. The van der Waals surface area contributed by atoms with E-state index in [0.717, 1.165) is 0 Å². The van der Waals surface area contributed by atoms with Gasteiger partial charge < -0.3 is 10.2 Å². The van der Waals surface area contributed by atoms with Crippen molar-refractivity contribution < 1.29 is 22.8 Å². The van der Waals surface area contributed by atoms with Crippen molar-refractivity contribution in [2.45, 2.75) is 37.6 Å². The average molecular weight is 457 g/mol. The van der Waals surface area contributed by atoms with Gasteiger partial charge in [-0.1, -0.05) is 24.3 Å². The quantitative estimate of drug-likeness (QED) is 0.685. The molecule has 168 valence electrons. The van der Waals surface area contributed by atoms with E-state index in [2.05, 4.69) is 5.32 Å². The van der Waals surface area contributed by atoms with E-state index in [1.165, 1.54) is 0 Å². The normalized spacial score (nSPS) is 20.2. The zero-order valence-corrected chi connectivity index (χ0v) is 18.4. The number of carbonyl (C=O) groups is 3. The molecule has 4 rings (SSSR count). The summed E-state index contributed by atoms with van der Waals surface area (Å²) < 4.78 is 22.4. The Bertz CT molecular complexity index is 1200. The molecule has 0 aromatic heterocycles. The van der Waals surface area contributed by atoms with Gasteiger partial charge in [0.2, 0.25) is 21.8 Å². The third kappa shape index (κ3) is 4.11. The number of primary sulfonamides is 1. The summed E-state index contributed by atoms with van der Waals surface area (Å²) in [6.45, 7) is 2.01. The van der Waals surface area contributed by atoms with Gasteiger partial charge in [-0.2, -0.15) is 0 Å². The molecule has 0 saturated carbocycles.